The topological polar surface area (TPSA) is 98.7 Å². The fourth-order valence-corrected chi connectivity index (χ4v) is 0.893. The first-order chi connectivity index (χ1) is 7.57. The first-order valence-corrected chi connectivity index (χ1v) is 4.94. The average molecular weight is 228 g/mol. The number of carbonyl (C=O) groups excluding carboxylic acids is 1. The Morgan fingerprint density at radius 1 is 1.31 bits per heavy atom. The number of nitrogens with one attached hydrogen (secondary N) is 2. The molecule has 0 spiro atoms. The molecule has 1 atom stereocenters. The summed E-state index contributed by atoms with van der Waals surface area (Å²) in [6, 6.07) is -0.499. The van der Waals surface area contributed by atoms with Crippen molar-refractivity contribution in [1.82, 2.24) is 10.6 Å². The Kier molecular flexibility index (Phi) is 7.63. The SMILES string of the molecule is C#CCCCCNC(=O)NCC(O)C(=O)O. The number of carboxylic acids is 1. The lowest BCUT2D eigenvalue weighted by atomic mass is 10.2. The Balaban J connectivity index is 3.45. The molecule has 1 unspecified atom stereocenters. The number of amides is 2. The number of aliphatic hydroxyl groups is 1. The predicted molar refractivity (Wildman–Crippen MR) is 57.7 cm³/mol. The van der Waals surface area contributed by atoms with Gasteiger partial charge < -0.3 is 20.8 Å². The van der Waals surface area contributed by atoms with Crippen molar-refractivity contribution in [3.63, 3.8) is 0 Å². The summed E-state index contributed by atoms with van der Waals surface area (Å²) in [6.45, 7) is 0.155. The fourth-order valence-electron chi connectivity index (χ4n) is 0.893. The van der Waals surface area contributed by atoms with Crippen LogP contribution in [-0.2, 0) is 4.79 Å². The lowest BCUT2D eigenvalue weighted by Crippen LogP contribution is -2.42. The fraction of sp³-hybridized carbons (Fsp3) is 0.600. The molecule has 0 saturated heterocycles. The van der Waals surface area contributed by atoms with E-state index in [9.17, 15) is 9.59 Å². The molecule has 4 N–H and O–H groups in total. The summed E-state index contributed by atoms with van der Waals surface area (Å²) < 4.78 is 0. The first-order valence-electron chi connectivity index (χ1n) is 4.94. The van der Waals surface area contributed by atoms with Crippen molar-refractivity contribution < 1.29 is 19.8 Å². The summed E-state index contributed by atoms with van der Waals surface area (Å²) in [7, 11) is 0. The van der Waals surface area contributed by atoms with Crippen molar-refractivity contribution >= 4 is 12.0 Å². The van der Waals surface area contributed by atoms with Crippen LogP contribution < -0.4 is 10.6 Å². The van der Waals surface area contributed by atoms with Gasteiger partial charge in [0.1, 0.15) is 0 Å². The molecule has 2 amide bonds. The largest absolute Gasteiger partial charge is 0.479 e. The molecule has 0 aromatic rings. The molecule has 0 aliphatic carbocycles. The monoisotopic (exact) mass is 228 g/mol. The molecule has 0 rings (SSSR count). The maximum Gasteiger partial charge on any atom is 0.334 e. The predicted octanol–water partition coefficient (Wildman–Crippen LogP) is -0.465. The van der Waals surface area contributed by atoms with Crippen molar-refractivity contribution in [3.05, 3.63) is 0 Å². The number of rotatable bonds is 7. The minimum Gasteiger partial charge on any atom is -0.479 e. The van der Waals surface area contributed by atoms with E-state index in [-0.39, 0.29) is 6.54 Å². The highest BCUT2D eigenvalue weighted by atomic mass is 16.4. The normalized spacial score (nSPS) is 11.2. The van der Waals surface area contributed by atoms with E-state index in [0.717, 1.165) is 12.8 Å². The maximum absolute atomic E-state index is 11.0. The molecule has 0 bridgehead atoms. The van der Waals surface area contributed by atoms with E-state index in [1.54, 1.807) is 0 Å². The summed E-state index contributed by atoms with van der Waals surface area (Å²) >= 11 is 0. The van der Waals surface area contributed by atoms with E-state index in [0.29, 0.717) is 13.0 Å². The van der Waals surface area contributed by atoms with Gasteiger partial charge in [0.2, 0.25) is 0 Å². The van der Waals surface area contributed by atoms with Gasteiger partial charge in [-0.2, -0.15) is 0 Å². The number of hydrogen-bond acceptors (Lipinski definition) is 3. The molecule has 0 saturated carbocycles. The van der Waals surface area contributed by atoms with Gasteiger partial charge in [-0.3, -0.25) is 0 Å². The summed E-state index contributed by atoms with van der Waals surface area (Å²) in [5.74, 6) is 1.12. The highest BCUT2D eigenvalue weighted by molar-refractivity contribution is 5.76. The highest BCUT2D eigenvalue weighted by Crippen LogP contribution is 1.90. The lowest BCUT2D eigenvalue weighted by molar-refractivity contribution is -0.146. The Labute approximate surface area is 94.0 Å². The van der Waals surface area contributed by atoms with Crippen LogP contribution in [-0.4, -0.2) is 41.4 Å². The number of aliphatic carboxylic acids is 1. The van der Waals surface area contributed by atoms with E-state index >= 15 is 0 Å². The molecule has 6 nitrogen and oxygen atoms in total. The molecule has 0 aromatic carbocycles. The van der Waals surface area contributed by atoms with Gasteiger partial charge in [-0.05, 0) is 12.8 Å². The zero-order valence-electron chi connectivity index (χ0n) is 8.90. The second kappa shape index (κ2) is 8.56. The van der Waals surface area contributed by atoms with E-state index in [2.05, 4.69) is 16.6 Å². The number of carboxylic acid groups (broad SMARTS) is 1. The molecule has 90 valence electrons. The van der Waals surface area contributed by atoms with E-state index in [1.165, 1.54) is 0 Å². The van der Waals surface area contributed by atoms with Crippen molar-refractivity contribution in [2.24, 2.45) is 0 Å². The van der Waals surface area contributed by atoms with Gasteiger partial charge in [0.15, 0.2) is 6.10 Å². The Morgan fingerprint density at radius 2 is 2.00 bits per heavy atom. The van der Waals surface area contributed by atoms with E-state index in [4.69, 9.17) is 16.6 Å². The number of unbranched alkanes of at least 4 members (excludes halogenated alkanes) is 2. The minimum atomic E-state index is -1.58. The quantitative estimate of drug-likeness (QED) is 0.350. The molecule has 0 aliphatic heterocycles. The molecule has 0 aromatic heterocycles. The third kappa shape index (κ3) is 7.64. The van der Waals surface area contributed by atoms with Crippen LogP contribution >= 0.6 is 0 Å². The number of carbonyl (C=O) groups is 2. The van der Waals surface area contributed by atoms with Crippen molar-refractivity contribution in [1.29, 1.82) is 0 Å². The minimum absolute atomic E-state index is 0.314. The second-order valence-corrected chi connectivity index (χ2v) is 3.15. The summed E-state index contributed by atoms with van der Waals surface area (Å²) in [5.41, 5.74) is 0. The third-order valence-electron chi connectivity index (χ3n) is 1.77. The van der Waals surface area contributed by atoms with Gasteiger partial charge in [-0.15, -0.1) is 12.3 Å². The zero-order valence-corrected chi connectivity index (χ0v) is 8.90. The Bertz CT molecular complexity index is 272. The van der Waals surface area contributed by atoms with Gasteiger partial charge in [0.25, 0.3) is 0 Å². The molecule has 0 heterocycles. The van der Waals surface area contributed by atoms with Gasteiger partial charge in [-0.1, -0.05) is 0 Å². The van der Waals surface area contributed by atoms with Gasteiger partial charge >= 0.3 is 12.0 Å². The summed E-state index contributed by atoms with van der Waals surface area (Å²) in [4.78, 5) is 21.2. The van der Waals surface area contributed by atoms with Crippen molar-refractivity contribution in [2.45, 2.75) is 25.4 Å². The van der Waals surface area contributed by atoms with Gasteiger partial charge in [0, 0.05) is 13.0 Å². The number of hydrogen-bond donors (Lipinski definition) is 4. The van der Waals surface area contributed by atoms with Crippen LogP contribution in [0.4, 0.5) is 4.79 Å². The number of aliphatic hydroxyl groups excluding tert-OH is 1. The van der Waals surface area contributed by atoms with Gasteiger partial charge in [0.05, 0.1) is 6.54 Å². The molecule has 16 heavy (non-hydrogen) atoms. The van der Waals surface area contributed by atoms with Gasteiger partial charge in [-0.25, -0.2) is 9.59 Å². The van der Waals surface area contributed by atoms with Crippen LogP contribution in [0.2, 0.25) is 0 Å². The summed E-state index contributed by atoms with van der Waals surface area (Å²) in [6.07, 6.45) is 5.73. The third-order valence-corrected chi connectivity index (χ3v) is 1.77. The number of urea groups is 1. The van der Waals surface area contributed by atoms with Crippen LogP contribution in [0, 0.1) is 12.3 Å². The molecule has 0 radical (unpaired) electrons. The molecule has 6 heteroatoms. The first kappa shape index (κ1) is 14.3. The van der Waals surface area contributed by atoms with Crippen LogP contribution in [0.5, 0.6) is 0 Å². The smallest absolute Gasteiger partial charge is 0.334 e. The van der Waals surface area contributed by atoms with Crippen LogP contribution in [0.1, 0.15) is 19.3 Å². The molecular formula is C10H16N2O4. The van der Waals surface area contributed by atoms with Crippen LogP contribution in [0.15, 0.2) is 0 Å². The van der Waals surface area contributed by atoms with Crippen LogP contribution in [0.3, 0.4) is 0 Å². The molecular weight excluding hydrogens is 212 g/mol. The van der Waals surface area contributed by atoms with E-state index in [1.807, 2.05) is 0 Å². The van der Waals surface area contributed by atoms with E-state index < -0.39 is 18.1 Å². The number of terminal acetylenes is 1. The zero-order chi connectivity index (χ0) is 12.4. The summed E-state index contributed by atoms with van der Waals surface area (Å²) in [5, 5.41) is 21.9. The Morgan fingerprint density at radius 3 is 2.56 bits per heavy atom. The van der Waals surface area contributed by atoms with Crippen molar-refractivity contribution in [3.8, 4) is 12.3 Å². The average Bonchev–Trinajstić information content (AvgIpc) is 2.25. The highest BCUT2D eigenvalue weighted by Gasteiger charge is 2.13. The molecule has 0 aliphatic rings. The second-order valence-electron chi connectivity index (χ2n) is 3.15. The maximum atomic E-state index is 11.0. The standard InChI is InChI=1S/C10H16N2O4/c1-2-3-4-5-6-11-10(16)12-7-8(13)9(14)15/h1,8,13H,3-7H2,(H,14,15)(H2,11,12,16). The Hall–Kier alpha value is -1.74. The van der Waals surface area contributed by atoms with Crippen molar-refractivity contribution in [2.75, 3.05) is 13.1 Å². The molecule has 0 fully saturated rings. The lowest BCUT2D eigenvalue weighted by Gasteiger charge is -2.08. The van der Waals surface area contributed by atoms with Crippen LogP contribution in [0.25, 0.3) is 0 Å².